The topological polar surface area (TPSA) is 74.9 Å². The molecular weight excluding hydrogens is 494 g/mol. The van der Waals surface area contributed by atoms with Gasteiger partial charge in [-0.05, 0) is 72.6 Å². The molecule has 1 aliphatic heterocycles. The molecule has 0 saturated carbocycles. The summed E-state index contributed by atoms with van der Waals surface area (Å²) >= 11 is 1.39. The van der Waals surface area contributed by atoms with E-state index in [0.717, 1.165) is 33.8 Å². The third-order valence-electron chi connectivity index (χ3n) is 6.42. The second-order valence-electron chi connectivity index (χ2n) is 9.09. The normalized spacial score (nSPS) is 15.5. The lowest BCUT2D eigenvalue weighted by molar-refractivity contribution is -0.122. The van der Waals surface area contributed by atoms with Crippen LogP contribution in [0.4, 0.5) is 0 Å². The largest absolute Gasteiger partial charge is 0.478 e. The lowest BCUT2D eigenvalue weighted by Crippen LogP contribution is -2.28. The van der Waals surface area contributed by atoms with E-state index in [-0.39, 0.29) is 11.5 Å². The van der Waals surface area contributed by atoms with E-state index in [9.17, 15) is 14.7 Å². The van der Waals surface area contributed by atoms with Crippen molar-refractivity contribution in [1.29, 1.82) is 0 Å². The second kappa shape index (κ2) is 10.9. The standard InChI is InChI=1S/C31H27N3O3S/c1-21-16-26(22(2)34(21)27-15-9-14-25(17-27)30(36)37)18-28-29(35)33(20-24-12-7-4-8-13-24)31(38-28)32-19-23-10-5-3-6-11-23/h3-18H,19-20H2,1-2H3,(H,36,37)/b28-18-,32-31?. The molecule has 0 aliphatic carbocycles. The maximum absolute atomic E-state index is 13.6. The van der Waals surface area contributed by atoms with E-state index in [1.165, 1.54) is 11.8 Å². The van der Waals surface area contributed by atoms with Gasteiger partial charge in [-0.1, -0.05) is 66.7 Å². The summed E-state index contributed by atoms with van der Waals surface area (Å²) in [6.07, 6.45) is 1.91. The van der Waals surface area contributed by atoms with Crippen LogP contribution in [0.3, 0.4) is 0 Å². The van der Waals surface area contributed by atoms with Crippen LogP contribution in [0.25, 0.3) is 11.8 Å². The van der Waals surface area contributed by atoms with Gasteiger partial charge in [-0.3, -0.25) is 14.7 Å². The van der Waals surface area contributed by atoms with Gasteiger partial charge in [0.2, 0.25) is 0 Å². The first kappa shape index (κ1) is 25.3. The van der Waals surface area contributed by atoms with Gasteiger partial charge >= 0.3 is 5.97 Å². The quantitative estimate of drug-likeness (QED) is 0.283. The molecule has 190 valence electrons. The minimum Gasteiger partial charge on any atom is -0.478 e. The number of amidine groups is 1. The fourth-order valence-corrected chi connectivity index (χ4v) is 5.49. The molecule has 0 bridgehead atoms. The molecular formula is C31H27N3O3S. The second-order valence-corrected chi connectivity index (χ2v) is 10.1. The zero-order chi connectivity index (χ0) is 26.6. The lowest BCUT2D eigenvalue weighted by atomic mass is 10.2. The molecule has 4 aromatic rings. The molecule has 1 aromatic heterocycles. The average molecular weight is 522 g/mol. The first-order valence-corrected chi connectivity index (χ1v) is 13.1. The van der Waals surface area contributed by atoms with E-state index >= 15 is 0 Å². The number of carbonyl (C=O) groups excluding carboxylic acids is 1. The Morgan fingerprint density at radius 3 is 2.29 bits per heavy atom. The van der Waals surface area contributed by atoms with Crippen molar-refractivity contribution in [2.24, 2.45) is 4.99 Å². The average Bonchev–Trinajstić information content (AvgIpc) is 3.38. The fraction of sp³-hybridized carbons (Fsp3) is 0.129. The summed E-state index contributed by atoms with van der Waals surface area (Å²) in [5, 5.41) is 10.1. The van der Waals surface area contributed by atoms with Crippen LogP contribution >= 0.6 is 11.8 Å². The Hall–Kier alpha value is -4.36. The summed E-state index contributed by atoms with van der Waals surface area (Å²) < 4.78 is 2.01. The van der Waals surface area contributed by atoms with Gasteiger partial charge in [0.15, 0.2) is 5.17 Å². The molecule has 1 fully saturated rings. The molecule has 0 spiro atoms. The van der Waals surface area contributed by atoms with Gasteiger partial charge in [0.25, 0.3) is 5.91 Å². The van der Waals surface area contributed by atoms with Crippen LogP contribution in [-0.2, 0) is 17.9 Å². The van der Waals surface area contributed by atoms with Gasteiger partial charge in [0, 0.05) is 17.1 Å². The summed E-state index contributed by atoms with van der Waals surface area (Å²) in [6.45, 7) is 4.88. The maximum Gasteiger partial charge on any atom is 0.335 e. The van der Waals surface area contributed by atoms with Crippen molar-refractivity contribution in [2.45, 2.75) is 26.9 Å². The smallest absolute Gasteiger partial charge is 0.335 e. The molecule has 1 aliphatic rings. The number of thioether (sulfide) groups is 1. The molecule has 1 N–H and O–H groups in total. The van der Waals surface area contributed by atoms with Crippen LogP contribution in [0, 0.1) is 13.8 Å². The minimum atomic E-state index is -0.967. The molecule has 6 nitrogen and oxygen atoms in total. The molecule has 5 rings (SSSR count). The lowest BCUT2D eigenvalue weighted by Gasteiger charge is -2.15. The van der Waals surface area contributed by atoms with Gasteiger partial charge in [-0.25, -0.2) is 4.79 Å². The van der Waals surface area contributed by atoms with Gasteiger partial charge in [-0.15, -0.1) is 0 Å². The number of carboxylic acids is 1. The number of nitrogens with zero attached hydrogens (tertiary/aromatic N) is 3. The van der Waals surface area contributed by atoms with Crippen LogP contribution in [0.5, 0.6) is 0 Å². The van der Waals surface area contributed by atoms with Gasteiger partial charge < -0.3 is 9.67 Å². The first-order chi connectivity index (χ1) is 18.4. The van der Waals surface area contributed by atoms with Crippen molar-refractivity contribution in [3.05, 3.63) is 130 Å². The van der Waals surface area contributed by atoms with E-state index in [4.69, 9.17) is 4.99 Å². The van der Waals surface area contributed by atoms with Gasteiger partial charge in [-0.2, -0.15) is 0 Å². The van der Waals surface area contributed by atoms with Crippen LogP contribution in [0.1, 0.15) is 38.4 Å². The molecule has 0 atom stereocenters. The third-order valence-corrected chi connectivity index (χ3v) is 7.46. The van der Waals surface area contributed by atoms with Crippen molar-refractivity contribution < 1.29 is 14.7 Å². The summed E-state index contributed by atoms with van der Waals surface area (Å²) in [5.74, 6) is -1.05. The van der Waals surface area contributed by atoms with E-state index in [1.807, 2.05) is 97.3 Å². The monoisotopic (exact) mass is 521 g/mol. The minimum absolute atomic E-state index is 0.0802. The summed E-state index contributed by atoms with van der Waals surface area (Å²) in [7, 11) is 0. The van der Waals surface area contributed by atoms with Gasteiger partial charge in [0.05, 0.1) is 23.6 Å². The first-order valence-electron chi connectivity index (χ1n) is 12.3. The molecule has 0 unspecified atom stereocenters. The number of aromatic carboxylic acids is 1. The van der Waals surface area contributed by atoms with Crippen LogP contribution in [-0.4, -0.2) is 31.6 Å². The number of aromatic nitrogens is 1. The summed E-state index contributed by atoms with van der Waals surface area (Å²) in [4.78, 5) is 32.3. The van der Waals surface area contributed by atoms with E-state index in [1.54, 1.807) is 23.1 Å². The molecule has 0 radical (unpaired) electrons. The van der Waals surface area contributed by atoms with Gasteiger partial charge in [0.1, 0.15) is 0 Å². The fourth-order valence-electron chi connectivity index (χ4n) is 4.52. The Balaban J connectivity index is 1.49. The molecule has 7 heteroatoms. The number of hydrogen-bond acceptors (Lipinski definition) is 4. The Labute approximate surface area is 226 Å². The molecule has 2 heterocycles. The number of carbonyl (C=O) groups is 2. The van der Waals surface area contributed by atoms with E-state index in [0.29, 0.717) is 23.2 Å². The van der Waals surface area contributed by atoms with Crippen LogP contribution < -0.4 is 0 Å². The van der Waals surface area contributed by atoms with Crippen LogP contribution in [0.2, 0.25) is 0 Å². The third kappa shape index (κ3) is 5.33. The predicted octanol–water partition coefficient (Wildman–Crippen LogP) is 6.47. The SMILES string of the molecule is Cc1cc(/C=C2\SC(=NCc3ccccc3)N(Cc3ccccc3)C2=O)c(C)n1-c1cccc(C(=O)O)c1. The number of carboxylic acid groups (broad SMARTS) is 1. The highest BCUT2D eigenvalue weighted by Gasteiger charge is 2.33. The number of benzene rings is 3. The Morgan fingerprint density at radius 1 is 0.921 bits per heavy atom. The van der Waals surface area contributed by atoms with Crippen molar-refractivity contribution in [1.82, 2.24) is 9.47 Å². The van der Waals surface area contributed by atoms with Crippen LogP contribution in [0.15, 0.2) is 101 Å². The maximum atomic E-state index is 13.6. The summed E-state index contributed by atoms with van der Waals surface area (Å²) in [5.41, 5.74) is 5.90. The van der Waals surface area contributed by atoms with E-state index < -0.39 is 5.97 Å². The molecule has 1 amide bonds. The molecule has 3 aromatic carbocycles. The zero-order valence-corrected chi connectivity index (χ0v) is 22.0. The van der Waals surface area contributed by atoms with Crippen molar-refractivity contribution in [2.75, 3.05) is 0 Å². The Kier molecular flexibility index (Phi) is 7.29. The number of rotatable bonds is 7. The van der Waals surface area contributed by atoms with Crippen molar-refractivity contribution in [3.8, 4) is 5.69 Å². The highest BCUT2D eigenvalue weighted by Crippen LogP contribution is 2.35. The summed E-state index contributed by atoms with van der Waals surface area (Å²) in [6, 6.07) is 28.8. The number of hydrogen-bond donors (Lipinski definition) is 1. The van der Waals surface area contributed by atoms with Crippen molar-refractivity contribution >= 4 is 34.9 Å². The number of amides is 1. The highest BCUT2D eigenvalue weighted by atomic mass is 32.2. The highest BCUT2D eigenvalue weighted by molar-refractivity contribution is 8.18. The van der Waals surface area contributed by atoms with Crippen molar-refractivity contribution in [3.63, 3.8) is 0 Å². The van der Waals surface area contributed by atoms with E-state index in [2.05, 4.69) is 0 Å². The Morgan fingerprint density at radius 2 is 1.61 bits per heavy atom. The Bertz CT molecular complexity index is 1560. The number of aliphatic imine (C=N–C) groups is 1. The predicted molar refractivity (Wildman–Crippen MR) is 152 cm³/mol. The number of aryl methyl sites for hydroxylation is 1. The molecule has 1 saturated heterocycles. The zero-order valence-electron chi connectivity index (χ0n) is 21.2. The molecule has 38 heavy (non-hydrogen) atoms.